The van der Waals surface area contributed by atoms with E-state index < -0.39 is 17.8 Å². The van der Waals surface area contributed by atoms with Gasteiger partial charge in [-0.1, -0.05) is 48.5 Å². The summed E-state index contributed by atoms with van der Waals surface area (Å²) in [6.45, 7) is 0. The monoisotopic (exact) mass is 478 g/mol. The molecule has 36 heavy (non-hydrogen) atoms. The number of benzene rings is 4. The van der Waals surface area contributed by atoms with E-state index in [9.17, 15) is 14.4 Å². The Morgan fingerprint density at radius 2 is 1.22 bits per heavy atom. The van der Waals surface area contributed by atoms with Crippen molar-refractivity contribution in [2.45, 2.75) is 0 Å². The first kappa shape index (κ1) is 22.9. The first-order chi connectivity index (χ1) is 17.5. The highest BCUT2D eigenvalue weighted by Gasteiger charge is 2.43. The standard InChI is InChI=1S/C29H22N2O5/c1-35-22-15-13-19-14-16-26(36-2)24(23(19)17-22)18-25-27(32)30(20-9-5-3-6-10-20)29(34)31(28(25)33)21-11-7-4-8-12-21/h3-18H,1-2H3. The third kappa shape index (κ3) is 3.86. The maximum atomic E-state index is 13.7. The largest absolute Gasteiger partial charge is 0.497 e. The van der Waals surface area contributed by atoms with Crippen LogP contribution in [0.25, 0.3) is 16.8 Å². The third-order valence-electron chi connectivity index (χ3n) is 6.02. The molecule has 4 aromatic rings. The highest BCUT2D eigenvalue weighted by Crippen LogP contribution is 2.35. The zero-order chi connectivity index (χ0) is 25.2. The van der Waals surface area contributed by atoms with Gasteiger partial charge in [-0.15, -0.1) is 0 Å². The minimum Gasteiger partial charge on any atom is -0.497 e. The molecule has 0 atom stereocenters. The number of hydrogen-bond acceptors (Lipinski definition) is 5. The number of urea groups is 1. The molecule has 0 aromatic heterocycles. The number of imide groups is 2. The number of nitrogens with zero attached hydrogens (tertiary/aromatic N) is 2. The second-order valence-corrected chi connectivity index (χ2v) is 8.06. The molecule has 1 aliphatic rings. The van der Waals surface area contributed by atoms with Crippen LogP contribution in [0.4, 0.5) is 16.2 Å². The Hall–Kier alpha value is -4.91. The molecule has 4 amide bonds. The summed E-state index contributed by atoms with van der Waals surface area (Å²) < 4.78 is 11.0. The molecule has 4 aromatic carbocycles. The van der Waals surface area contributed by atoms with Crippen molar-refractivity contribution in [1.82, 2.24) is 0 Å². The van der Waals surface area contributed by atoms with E-state index in [0.717, 1.165) is 20.6 Å². The Bertz CT molecular complexity index is 1440. The molecule has 1 aliphatic heterocycles. The molecule has 7 heteroatoms. The van der Waals surface area contributed by atoms with Gasteiger partial charge in [-0.2, -0.15) is 0 Å². The summed E-state index contributed by atoms with van der Waals surface area (Å²) in [5, 5.41) is 1.60. The summed E-state index contributed by atoms with van der Waals surface area (Å²) in [6.07, 6.45) is 1.49. The first-order valence-corrected chi connectivity index (χ1v) is 11.2. The van der Waals surface area contributed by atoms with Gasteiger partial charge in [0.25, 0.3) is 11.8 Å². The summed E-state index contributed by atoms with van der Waals surface area (Å²) in [5.41, 5.74) is 1.08. The van der Waals surface area contributed by atoms with Crippen LogP contribution in [0.3, 0.4) is 0 Å². The second kappa shape index (κ2) is 9.38. The van der Waals surface area contributed by atoms with Gasteiger partial charge in [0.05, 0.1) is 25.6 Å². The van der Waals surface area contributed by atoms with Crippen LogP contribution in [0.15, 0.2) is 96.6 Å². The fraction of sp³-hybridized carbons (Fsp3) is 0.0690. The molecule has 0 N–H and O–H groups in total. The summed E-state index contributed by atoms with van der Waals surface area (Å²) in [7, 11) is 3.08. The number of anilines is 2. The maximum Gasteiger partial charge on any atom is 0.343 e. The van der Waals surface area contributed by atoms with Gasteiger partial charge in [-0.05, 0) is 59.3 Å². The van der Waals surface area contributed by atoms with E-state index in [4.69, 9.17) is 9.47 Å². The van der Waals surface area contributed by atoms with Crippen molar-refractivity contribution < 1.29 is 23.9 Å². The fourth-order valence-corrected chi connectivity index (χ4v) is 4.24. The molecule has 178 valence electrons. The van der Waals surface area contributed by atoms with Crippen molar-refractivity contribution in [2.24, 2.45) is 0 Å². The van der Waals surface area contributed by atoms with Gasteiger partial charge in [0.1, 0.15) is 17.1 Å². The van der Waals surface area contributed by atoms with Crippen LogP contribution in [0.2, 0.25) is 0 Å². The van der Waals surface area contributed by atoms with E-state index >= 15 is 0 Å². The van der Waals surface area contributed by atoms with Crippen LogP contribution in [0.5, 0.6) is 11.5 Å². The Balaban J connectivity index is 1.75. The Labute approximate surface area is 207 Å². The molecule has 1 fully saturated rings. The smallest absolute Gasteiger partial charge is 0.343 e. The number of barbiturate groups is 1. The van der Waals surface area contributed by atoms with Gasteiger partial charge >= 0.3 is 6.03 Å². The van der Waals surface area contributed by atoms with Crippen LogP contribution in [0, 0.1) is 0 Å². The van der Waals surface area contributed by atoms with Gasteiger partial charge in [-0.25, -0.2) is 14.6 Å². The number of carbonyl (C=O) groups excluding carboxylic acids is 3. The number of methoxy groups -OCH3 is 2. The van der Waals surface area contributed by atoms with Crippen molar-refractivity contribution >= 4 is 46.1 Å². The zero-order valence-electron chi connectivity index (χ0n) is 19.7. The fourth-order valence-electron chi connectivity index (χ4n) is 4.24. The molecule has 1 heterocycles. The molecule has 7 nitrogen and oxygen atoms in total. The van der Waals surface area contributed by atoms with Crippen LogP contribution < -0.4 is 19.3 Å². The summed E-state index contributed by atoms with van der Waals surface area (Å²) in [5.74, 6) is -0.349. The van der Waals surface area contributed by atoms with Crippen LogP contribution >= 0.6 is 0 Å². The normalized spacial score (nSPS) is 13.8. The van der Waals surface area contributed by atoms with Gasteiger partial charge in [0, 0.05) is 5.56 Å². The maximum absolute atomic E-state index is 13.7. The number of fused-ring (bicyclic) bond motifs is 1. The van der Waals surface area contributed by atoms with Crippen molar-refractivity contribution in [1.29, 1.82) is 0 Å². The SMILES string of the molecule is COc1ccc2ccc(OC)c(C=C3C(=O)N(c4ccccc4)C(=O)N(c4ccccc4)C3=O)c2c1. The summed E-state index contributed by atoms with van der Waals surface area (Å²) >= 11 is 0. The quantitative estimate of drug-likeness (QED) is 0.282. The predicted octanol–water partition coefficient (Wildman–Crippen LogP) is 5.44. The van der Waals surface area contributed by atoms with Crippen molar-refractivity contribution in [3.05, 3.63) is 102 Å². The van der Waals surface area contributed by atoms with Crippen molar-refractivity contribution in [2.75, 3.05) is 24.0 Å². The Morgan fingerprint density at radius 1 is 0.667 bits per heavy atom. The highest BCUT2D eigenvalue weighted by molar-refractivity contribution is 6.46. The van der Waals surface area contributed by atoms with Gasteiger partial charge < -0.3 is 9.47 Å². The number of carbonyl (C=O) groups is 3. The molecule has 0 radical (unpaired) electrons. The molecule has 1 saturated heterocycles. The number of amides is 4. The van der Waals surface area contributed by atoms with E-state index in [1.165, 1.54) is 13.2 Å². The molecule has 5 rings (SSSR count). The van der Waals surface area contributed by atoms with Crippen LogP contribution in [-0.2, 0) is 9.59 Å². The minimum atomic E-state index is -0.744. The number of rotatable bonds is 5. The average molecular weight is 479 g/mol. The number of ether oxygens (including phenoxy) is 2. The molecule has 0 unspecified atom stereocenters. The van der Waals surface area contributed by atoms with Gasteiger partial charge in [-0.3, -0.25) is 9.59 Å². The van der Waals surface area contributed by atoms with Gasteiger partial charge in [0.2, 0.25) is 0 Å². The highest BCUT2D eigenvalue weighted by atomic mass is 16.5. The average Bonchev–Trinajstić information content (AvgIpc) is 2.92. The lowest BCUT2D eigenvalue weighted by atomic mass is 9.98. The summed E-state index contributed by atoms with van der Waals surface area (Å²) in [4.78, 5) is 43.0. The van der Waals surface area contributed by atoms with Crippen molar-refractivity contribution in [3.8, 4) is 11.5 Å². The molecule has 0 spiro atoms. The van der Waals surface area contributed by atoms with E-state index in [1.807, 2.05) is 24.3 Å². The Kier molecular flexibility index (Phi) is 5.96. The molecular weight excluding hydrogens is 456 g/mol. The predicted molar refractivity (Wildman–Crippen MR) is 138 cm³/mol. The topological polar surface area (TPSA) is 76.2 Å². The lowest BCUT2D eigenvalue weighted by Crippen LogP contribution is -2.57. The van der Waals surface area contributed by atoms with E-state index in [-0.39, 0.29) is 5.57 Å². The Morgan fingerprint density at radius 3 is 1.75 bits per heavy atom. The molecule has 0 saturated carbocycles. The minimum absolute atomic E-state index is 0.170. The van der Waals surface area contributed by atoms with E-state index in [0.29, 0.717) is 28.4 Å². The van der Waals surface area contributed by atoms with E-state index in [1.54, 1.807) is 73.8 Å². The third-order valence-corrected chi connectivity index (χ3v) is 6.02. The first-order valence-electron chi connectivity index (χ1n) is 11.2. The summed E-state index contributed by atoms with van der Waals surface area (Å²) in [6, 6.07) is 25.5. The lowest BCUT2D eigenvalue weighted by Gasteiger charge is -2.34. The second-order valence-electron chi connectivity index (χ2n) is 8.06. The van der Waals surface area contributed by atoms with Crippen LogP contribution in [0.1, 0.15) is 5.56 Å². The molecule has 0 aliphatic carbocycles. The lowest BCUT2D eigenvalue weighted by molar-refractivity contribution is -0.121. The van der Waals surface area contributed by atoms with Gasteiger partial charge in [0.15, 0.2) is 0 Å². The number of hydrogen-bond donors (Lipinski definition) is 0. The molecular formula is C29H22N2O5. The molecule has 0 bridgehead atoms. The van der Waals surface area contributed by atoms with E-state index in [2.05, 4.69) is 0 Å². The van der Waals surface area contributed by atoms with Crippen molar-refractivity contribution in [3.63, 3.8) is 0 Å². The number of para-hydroxylation sites is 2. The van der Waals surface area contributed by atoms with Crippen LogP contribution in [-0.4, -0.2) is 32.1 Å². The zero-order valence-corrected chi connectivity index (χ0v) is 19.7.